The van der Waals surface area contributed by atoms with Gasteiger partial charge in [-0.15, -0.1) is 0 Å². The third-order valence-corrected chi connectivity index (χ3v) is 4.58. The minimum Gasteiger partial charge on any atom is -0.379 e. The van der Waals surface area contributed by atoms with Gasteiger partial charge >= 0.3 is 0 Å². The van der Waals surface area contributed by atoms with E-state index in [-0.39, 0.29) is 17.4 Å². The van der Waals surface area contributed by atoms with E-state index < -0.39 is 0 Å². The van der Waals surface area contributed by atoms with Crippen molar-refractivity contribution < 1.29 is 9.53 Å². The second-order valence-corrected chi connectivity index (χ2v) is 7.68. The summed E-state index contributed by atoms with van der Waals surface area (Å²) < 4.78 is 5.59. The van der Waals surface area contributed by atoms with Gasteiger partial charge in [-0.2, -0.15) is 0 Å². The van der Waals surface area contributed by atoms with Gasteiger partial charge in [0.2, 0.25) is 5.91 Å². The van der Waals surface area contributed by atoms with Crippen molar-refractivity contribution in [3.63, 3.8) is 0 Å². The van der Waals surface area contributed by atoms with Gasteiger partial charge in [-0.05, 0) is 25.2 Å². The molecule has 0 spiro atoms. The van der Waals surface area contributed by atoms with Crippen LogP contribution < -0.4 is 16.0 Å². The van der Waals surface area contributed by atoms with Crippen LogP contribution in [-0.4, -0.2) is 75.8 Å². The summed E-state index contributed by atoms with van der Waals surface area (Å²) in [6, 6.07) is 0.384. The van der Waals surface area contributed by atoms with Crippen molar-refractivity contribution in [2.24, 2.45) is 10.4 Å². The monoisotopic (exact) mass is 355 g/mol. The van der Waals surface area contributed by atoms with Crippen molar-refractivity contribution >= 4 is 11.9 Å². The first-order valence-electron chi connectivity index (χ1n) is 9.30. The molecule has 0 aliphatic carbocycles. The standard InChI is InChI=1S/C18H37N5O2/c1-7-20-17(21-12-15(25-6)18(2,3)4)22-14-8-10-23(11-9-14)13-16(24)19-5/h14-15H,7-13H2,1-6H3,(H,19,24)(H2,20,21,22). The van der Waals surface area contributed by atoms with E-state index in [1.165, 1.54) is 0 Å². The van der Waals surface area contributed by atoms with Gasteiger partial charge in [0.05, 0.1) is 19.2 Å². The van der Waals surface area contributed by atoms with Crippen molar-refractivity contribution in [2.45, 2.75) is 52.7 Å². The first-order chi connectivity index (χ1) is 11.8. The van der Waals surface area contributed by atoms with Gasteiger partial charge in [0, 0.05) is 39.8 Å². The fourth-order valence-corrected chi connectivity index (χ4v) is 2.91. The normalized spacial score (nSPS) is 18.7. The Morgan fingerprint density at radius 3 is 2.44 bits per heavy atom. The number of hydrogen-bond acceptors (Lipinski definition) is 4. The summed E-state index contributed by atoms with van der Waals surface area (Å²) in [5.74, 6) is 0.924. The molecular weight excluding hydrogens is 318 g/mol. The number of carbonyl (C=O) groups is 1. The number of likely N-dealkylation sites (tertiary alicyclic amines) is 1. The molecule has 7 heteroatoms. The van der Waals surface area contributed by atoms with E-state index in [0.29, 0.717) is 19.1 Å². The Bertz CT molecular complexity index is 426. The quantitative estimate of drug-likeness (QED) is 0.465. The van der Waals surface area contributed by atoms with Crippen LogP contribution in [0.3, 0.4) is 0 Å². The summed E-state index contributed by atoms with van der Waals surface area (Å²) in [6.45, 7) is 12.4. The average molecular weight is 356 g/mol. The highest BCUT2D eigenvalue weighted by Crippen LogP contribution is 2.21. The van der Waals surface area contributed by atoms with Crippen LogP contribution in [0, 0.1) is 5.41 Å². The Kier molecular flexibility index (Phi) is 9.21. The Morgan fingerprint density at radius 1 is 1.32 bits per heavy atom. The summed E-state index contributed by atoms with van der Waals surface area (Å²) >= 11 is 0. The van der Waals surface area contributed by atoms with E-state index >= 15 is 0 Å². The predicted octanol–water partition coefficient (Wildman–Crippen LogP) is 0.813. The number of piperidine rings is 1. The molecule has 1 fully saturated rings. The third-order valence-electron chi connectivity index (χ3n) is 4.58. The summed E-state index contributed by atoms with van der Waals surface area (Å²) in [6.07, 6.45) is 2.10. The highest BCUT2D eigenvalue weighted by atomic mass is 16.5. The molecule has 1 saturated heterocycles. The summed E-state index contributed by atoms with van der Waals surface area (Å²) in [5, 5.41) is 9.53. The van der Waals surface area contributed by atoms with Crippen LogP contribution in [0.2, 0.25) is 0 Å². The molecule has 1 rings (SSSR count). The highest BCUT2D eigenvalue weighted by molar-refractivity contribution is 5.80. The molecule has 1 heterocycles. The Hall–Kier alpha value is -1.34. The number of carbonyl (C=O) groups excluding carboxylic acids is 1. The molecule has 3 N–H and O–H groups in total. The molecule has 0 aromatic rings. The fraction of sp³-hybridized carbons (Fsp3) is 0.889. The van der Waals surface area contributed by atoms with Crippen LogP contribution >= 0.6 is 0 Å². The van der Waals surface area contributed by atoms with Gasteiger partial charge < -0.3 is 20.7 Å². The first-order valence-corrected chi connectivity index (χ1v) is 9.30. The van der Waals surface area contributed by atoms with Gasteiger partial charge in [-0.25, -0.2) is 0 Å². The third kappa shape index (κ3) is 8.05. The lowest BCUT2D eigenvalue weighted by Crippen LogP contribution is -2.50. The lowest BCUT2D eigenvalue weighted by atomic mass is 9.89. The van der Waals surface area contributed by atoms with Gasteiger partial charge in [0.1, 0.15) is 0 Å². The van der Waals surface area contributed by atoms with Crippen molar-refractivity contribution in [1.29, 1.82) is 0 Å². The molecule has 1 amide bonds. The summed E-state index contributed by atoms with van der Waals surface area (Å²) in [4.78, 5) is 18.4. The van der Waals surface area contributed by atoms with Crippen molar-refractivity contribution in [2.75, 3.05) is 46.9 Å². The van der Waals surface area contributed by atoms with Crippen molar-refractivity contribution in [1.82, 2.24) is 20.9 Å². The van der Waals surface area contributed by atoms with Crippen LogP contribution in [0.25, 0.3) is 0 Å². The first kappa shape index (κ1) is 21.7. The van der Waals surface area contributed by atoms with E-state index in [1.54, 1.807) is 14.2 Å². The number of nitrogens with zero attached hydrogens (tertiary/aromatic N) is 2. The molecule has 1 atom stereocenters. The maximum absolute atomic E-state index is 11.5. The molecule has 0 radical (unpaired) electrons. The number of guanidine groups is 1. The largest absolute Gasteiger partial charge is 0.379 e. The van der Waals surface area contributed by atoms with Crippen LogP contribution in [0.5, 0.6) is 0 Å². The summed E-state index contributed by atoms with van der Waals surface area (Å²) in [5.41, 5.74) is 0.0563. The number of methoxy groups -OCH3 is 1. The second-order valence-electron chi connectivity index (χ2n) is 7.68. The van der Waals surface area contributed by atoms with Gasteiger partial charge in [0.25, 0.3) is 0 Å². The molecule has 0 saturated carbocycles. The maximum atomic E-state index is 11.5. The average Bonchev–Trinajstić information content (AvgIpc) is 2.56. The smallest absolute Gasteiger partial charge is 0.233 e. The number of ether oxygens (including phenoxy) is 1. The van der Waals surface area contributed by atoms with E-state index in [4.69, 9.17) is 9.73 Å². The van der Waals surface area contributed by atoms with Crippen molar-refractivity contribution in [3.8, 4) is 0 Å². The molecule has 146 valence electrons. The number of hydrogen-bond donors (Lipinski definition) is 3. The van der Waals surface area contributed by atoms with E-state index in [9.17, 15) is 4.79 Å². The van der Waals surface area contributed by atoms with Gasteiger partial charge in [-0.3, -0.25) is 14.7 Å². The van der Waals surface area contributed by atoms with Crippen LogP contribution in [0.15, 0.2) is 4.99 Å². The molecule has 7 nitrogen and oxygen atoms in total. The molecule has 1 aliphatic heterocycles. The van der Waals surface area contributed by atoms with Crippen molar-refractivity contribution in [3.05, 3.63) is 0 Å². The zero-order valence-corrected chi connectivity index (χ0v) is 16.8. The van der Waals surface area contributed by atoms with E-state index in [1.807, 2.05) is 0 Å². The Morgan fingerprint density at radius 2 is 1.96 bits per heavy atom. The Balaban J connectivity index is 2.53. The zero-order chi connectivity index (χ0) is 18.9. The number of nitrogens with one attached hydrogen (secondary N) is 3. The molecule has 1 aliphatic rings. The molecular formula is C18H37N5O2. The van der Waals surface area contributed by atoms with E-state index in [0.717, 1.165) is 38.4 Å². The number of rotatable bonds is 7. The molecule has 25 heavy (non-hydrogen) atoms. The van der Waals surface area contributed by atoms with Crippen LogP contribution in [0.1, 0.15) is 40.5 Å². The number of amides is 1. The van der Waals surface area contributed by atoms with Crippen LogP contribution in [0.4, 0.5) is 0 Å². The molecule has 0 aromatic heterocycles. The highest BCUT2D eigenvalue weighted by Gasteiger charge is 2.25. The summed E-state index contributed by atoms with van der Waals surface area (Å²) in [7, 11) is 3.43. The topological polar surface area (TPSA) is 78.0 Å². The molecule has 0 bridgehead atoms. The molecule has 1 unspecified atom stereocenters. The van der Waals surface area contributed by atoms with Crippen LogP contribution in [-0.2, 0) is 9.53 Å². The lowest BCUT2D eigenvalue weighted by molar-refractivity contribution is -0.122. The van der Waals surface area contributed by atoms with Gasteiger partial charge in [-0.1, -0.05) is 20.8 Å². The minimum atomic E-state index is 0.0563. The number of aliphatic imine (C=N–C) groups is 1. The van der Waals surface area contributed by atoms with E-state index in [2.05, 4.69) is 48.5 Å². The minimum absolute atomic E-state index is 0.0563. The molecule has 0 aromatic carbocycles. The SMILES string of the molecule is CCNC(=NCC(OC)C(C)(C)C)NC1CCN(CC(=O)NC)CC1. The maximum Gasteiger partial charge on any atom is 0.233 e. The predicted molar refractivity (Wildman–Crippen MR) is 103 cm³/mol. The lowest BCUT2D eigenvalue weighted by Gasteiger charge is -2.33. The Labute approximate surface area is 153 Å². The second kappa shape index (κ2) is 10.6. The number of likely N-dealkylation sites (N-methyl/N-ethyl adjacent to an activating group) is 1. The zero-order valence-electron chi connectivity index (χ0n) is 16.8. The van der Waals surface area contributed by atoms with Gasteiger partial charge in [0.15, 0.2) is 5.96 Å². The fourth-order valence-electron chi connectivity index (χ4n) is 2.91.